The quantitative estimate of drug-likeness (QED) is 0.758. The van der Waals surface area contributed by atoms with Crippen LogP contribution in [0.15, 0.2) is 36.7 Å². The third-order valence-corrected chi connectivity index (χ3v) is 3.90. The molecule has 0 amide bonds. The van der Waals surface area contributed by atoms with Gasteiger partial charge < -0.3 is 10.1 Å². The number of nitrogens with zero attached hydrogens (tertiary/aromatic N) is 4. The van der Waals surface area contributed by atoms with E-state index in [1.165, 1.54) is 6.33 Å². The van der Waals surface area contributed by atoms with Crippen LogP contribution in [-0.2, 0) is 4.74 Å². The number of anilines is 1. The molecule has 0 spiro atoms. The normalized spacial score (nSPS) is 12.5. The molecule has 0 saturated carbocycles. The van der Waals surface area contributed by atoms with Crippen LogP contribution in [0.25, 0.3) is 5.78 Å². The predicted molar refractivity (Wildman–Crippen MR) is 89.6 cm³/mol. The van der Waals surface area contributed by atoms with E-state index in [2.05, 4.69) is 32.5 Å². The summed E-state index contributed by atoms with van der Waals surface area (Å²) in [6.07, 6.45) is 1.50. The van der Waals surface area contributed by atoms with Crippen molar-refractivity contribution in [2.24, 2.45) is 0 Å². The van der Waals surface area contributed by atoms with Gasteiger partial charge in [0.25, 0.3) is 5.78 Å². The fourth-order valence-electron chi connectivity index (χ4n) is 2.57. The van der Waals surface area contributed by atoms with Crippen LogP contribution < -0.4 is 5.32 Å². The monoisotopic (exact) mass is 311 g/mol. The van der Waals surface area contributed by atoms with Crippen LogP contribution in [0.1, 0.15) is 29.8 Å². The summed E-state index contributed by atoms with van der Waals surface area (Å²) in [6.45, 7) is 7.33. The number of hydrogen-bond donors (Lipinski definition) is 1. The molecule has 0 aliphatic carbocycles. The Morgan fingerprint density at radius 3 is 2.74 bits per heavy atom. The average molecular weight is 311 g/mol. The average Bonchev–Trinajstić information content (AvgIpc) is 3.03. The first-order valence-electron chi connectivity index (χ1n) is 7.78. The van der Waals surface area contributed by atoms with E-state index in [9.17, 15) is 0 Å². The van der Waals surface area contributed by atoms with Crippen molar-refractivity contribution in [3.63, 3.8) is 0 Å². The van der Waals surface area contributed by atoms with Crippen molar-refractivity contribution in [2.45, 2.75) is 26.9 Å². The Bertz CT molecular complexity index is 784. The first-order chi connectivity index (χ1) is 11.2. The Kier molecular flexibility index (Phi) is 4.52. The molecule has 3 aromatic rings. The third kappa shape index (κ3) is 3.17. The van der Waals surface area contributed by atoms with Gasteiger partial charge in [-0.1, -0.05) is 30.3 Å². The lowest BCUT2D eigenvalue weighted by Gasteiger charge is -2.20. The van der Waals surface area contributed by atoms with Gasteiger partial charge in [-0.25, -0.2) is 4.98 Å². The molecule has 1 N–H and O–H groups in total. The maximum absolute atomic E-state index is 5.89. The van der Waals surface area contributed by atoms with Crippen LogP contribution in [-0.4, -0.2) is 32.7 Å². The number of aromatic nitrogens is 4. The number of nitrogens with one attached hydrogen (secondary N) is 1. The lowest BCUT2D eigenvalue weighted by Crippen LogP contribution is -2.19. The van der Waals surface area contributed by atoms with Crippen molar-refractivity contribution in [1.29, 1.82) is 0 Å². The Hall–Kier alpha value is -2.47. The minimum absolute atomic E-state index is 0.0207. The van der Waals surface area contributed by atoms with Crippen LogP contribution in [0.4, 0.5) is 5.82 Å². The Morgan fingerprint density at radius 2 is 2.00 bits per heavy atom. The van der Waals surface area contributed by atoms with E-state index >= 15 is 0 Å². The zero-order chi connectivity index (χ0) is 16.2. The Balaban J connectivity index is 1.86. The van der Waals surface area contributed by atoms with Gasteiger partial charge in [0.15, 0.2) is 0 Å². The van der Waals surface area contributed by atoms with Crippen molar-refractivity contribution < 1.29 is 4.74 Å². The summed E-state index contributed by atoms with van der Waals surface area (Å²) < 4.78 is 7.62. The van der Waals surface area contributed by atoms with Crippen molar-refractivity contribution >= 4 is 11.6 Å². The minimum atomic E-state index is -0.0207. The van der Waals surface area contributed by atoms with Crippen LogP contribution in [0, 0.1) is 13.8 Å². The van der Waals surface area contributed by atoms with Gasteiger partial charge in [-0.3, -0.25) is 0 Å². The topological polar surface area (TPSA) is 64.3 Å². The highest BCUT2D eigenvalue weighted by Gasteiger charge is 2.15. The fraction of sp³-hybridized carbons (Fsp3) is 0.353. The smallest absolute Gasteiger partial charge is 0.254 e. The van der Waals surface area contributed by atoms with Crippen molar-refractivity contribution in [3.8, 4) is 0 Å². The number of hydrogen-bond acceptors (Lipinski definition) is 5. The van der Waals surface area contributed by atoms with Crippen LogP contribution >= 0.6 is 0 Å². The standard InChI is InChI=1S/C17H21N5O/c1-4-23-15(14-8-6-5-7-9-14)10-18-16-12(2)13(3)21-17-19-11-20-22(16)17/h5-9,11,15,18H,4,10H2,1-3H3. The van der Waals surface area contributed by atoms with E-state index in [1.807, 2.05) is 39.0 Å². The van der Waals surface area contributed by atoms with E-state index in [-0.39, 0.29) is 6.10 Å². The van der Waals surface area contributed by atoms with E-state index < -0.39 is 0 Å². The molecule has 120 valence electrons. The molecule has 0 fully saturated rings. The van der Waals surface area contributed by atoms with Gasteiger partial charge in [0.2, 0.25) is 0 Å². The molecular formula is C17H21N5O. The maximum atomic E-state index is 5.89. The van der Waals surface area contributed by atoms with Gasteiger partial charge in [0.1, 0.15) is 12.1 Å². The first-order valence-corrected chi connectivity index (χ1v) is 7.78. The Morgan fingerprint density at radius 1 is 1.22 bits per heavy atom. The molecular weight excluding hydrogens is 290 g/mol. The van der Waals surface area contributed by atoms with Gasteiger partial charge in [-0.15, -0.1) is 0 Å². The molecule has 1 unspecified atom stereocenters. The molecule has 2 aromatic heterocycles. The van der Waals surface area contributed by atoms with Crippen LogP contribution in [0.2, 0.25) is 0 Å². The number of benzene rings is 1. The second-order valence-electron chi connectivity index (χ2n) is 5.38. The summed E-state index contributed by atoms with van der Waals surface area (Å²) >= 11 is 0. The molecule has 0 aliphatic heterocycles. The summed E-state index contributed by atoms with van der Waals surface area (Å²) in [7, 11) is 0. The van der Waals surface area contributed by atoms with Crippen LogP contribution in [0.3, 0.4) is 0 Å². The molecule has 1 atom stereocenters. The highest BCUT2D eigenvalue weighted by molar-refractivity contribution is 5.52. The highest BCUT2D eigenvalue weighted by atomic mass is 16.5. The fourth-order valence-corrected chi connectivity index (χ4v) is 2.57. The largest absolute Gasteiger partial charge is 0.372 e. The van der Waals surface area contributed by atoms with Crippen molar-refractivity contribution in [3.05, 3.63) is 53.5 Å². The summed E-state index contributed by atoms with van der Waals surface area (Å²) in [5.74, 6) is 1.51. The third-order valence-electron chi connectivity index (χ3n) is 3.90. The first kappa shape index (κ1) is 15.4. The van der Waals surface area contributed by atoms with Crippen molar-refractivity contribution in [1.82, 2.24) is 19.6 Å². The molecule has 3 rings (SSSR count). The van der Waals surface area contributed by atoms with Crippen LogP contribution in [0.5, 0.6) is 0 Å². The Labute approximate surface area is 135 Å². The summed E-state index contributed by atoms with van der Waals surface area (Å²) in [5, 5.41) is 7.72. The van der Waals surface area contributed by atoms with Gasteiger partial charge in [0.05, 0.1) is 6.10 Å². The minimum Gasteiger partial charge on any atom is -0.372 e. The number of aryl methyl sites for hydroxylation is 1. The summed E-state index contributed by atoms with van der Waals surface area (Å²) in [5.41, 5.74) is 3.16. The molecule has 2 heterocycles. The molecule has 0 saturated heterocycles. The van der Waals surface area contributed by atoms with E-state index in [0.717, 1.165) is 22.6 Å². The zero-order valence-electron chi connectivity index (χ0n) is 13.7. The van der Waals surface area contributed by atoms with Gasteiger partial charge in [-0.2, -0.15) is 14.6 Å². The molecule has 23 heavy (non-hydrogen) atoms. The maximum Gasteiger partial charge on any atom is 0.254 e. The SMILES string of the molecule is CCOC(CNc1c(C)c(C)nc2ncnn12)c1ccccc1. The number of fused-ring (bicyclic) bond motifs is 1. The second-order valence-corrected chi connectivity index (χ2v) is 5.38. The summed E-state index contributed by atoms with van der Waals surface area (Å²) in [6, 6.07) is 10.2. The lowest BCUT2D eigenvalue weighted by molar-refractivity contribution is 0.0718. The van der Waals surface area contributed by atoms with E-state index in [4.69, 9.17) is 4.74 Å². The summed E-state index contributed by atoms with van der Waals surface area (Å²) in [4.78, 5) is 8.61. The predicted octanol–water partition coefficient (Wildman–Crippen LogP) is 2.93. The second kappa shape index (κ2) is 6.75. The lowest BCUT2D eigenvalue weighted by atomic mass is 10.1. The molecule has 6 heteroatoms. The molecule has 6 nitrogen and oxygen atoms in total. The zero-order valence-corrected chi connectivity index (χ0v) is 13.7. The highest BCUT2D eigenvalue weighted by Crippen LogP contribution is 2.21. The number of rotatable bonds is 6. The molecule has 1 aromatic carbocycles. The van der Waals surface area contributed by atoms with E-state index in [0.29, 0.717) is 18.9 Å². The van der Waals surface area contributed by atoms with Gasteiger partial charge >= 0.3 is 0 Å². The molecule has 0 radical (unpaired) electrons. The van der Waals surface area contributed by atoms with Crippen molar-refractivity contribution in [2.75, 3.05) is 18.5 Å². The van der Waals surface area contributed by atoms with Gasteiger partial charge in [0, 0.05) is 24.4 Å². The molecule has 0 aliphatic rings. The van der Waals surface area contributed by atoms with E-state index in [1.54, 1.807) is 4.52 Å². The number of ether oxygens (including phenoxy) is 1. The van der Waals surface area contributed by atoms with Gasteiger partial charge in [-0.05, 0) is 26.3 Å². The molecule has 0 bridgehead atoms.